The summed E-state index contributed by atoms with van der Waals surface area (Å²) < 4.78 is 6.33. The second-order valence-electron chi connectivity index (χ2n) is 3.64. The zero-order valence-electron chi connectivity index (χ0n) is 9.47. The van der Waals surface area contributed by atoms with Gasteiger partial charge in [0.05, 0.1) is 18.4 Å². The average Bonchev–Trinajstić information content (AvgIpc) is 2.59. The summed E-state index contributed by atoms with van der Waals surface area (Å²) in [6.45, 7) is 4.00. The van der Waals surface area contributed by atoms with Crippen LogP contribution in [0.2, 0.25) is 0 Å². The average molecular weight is 281 g/mol. The lowest BCUT2D eigenvalue weighted by molar-refractivity contribution is 0.416. The van der Waals surface area contributed by atoms with E-state index >= 15 is 0 Å². The molecule has 1 N–H and O–H groups in total. The maximum Gasteiger partial charge on any atom is 0.141 e. The lowest BCUT2D eigenvalue weighted by atomic mass is 10.2. The minimum atomic E-state index is 0.817. The maximum atomic E-state index is 5.32. The molecule has 3 nitrogen and oxygen atoms in total. The molecule has 1 aromatic carbocycles. The van der Waals surface area contributed by atoms with Crippen LogP contribution in [0.3, 0.4) is 0 Å². The van der Waals surface area contributed by atoms with E-state index in [-0.39, 0.29) is 0 Å². The largest absolute Gasteiger partial charge is 0.496 e. The van der Waals surface area contributed by atoms with Crippen molar-refractivity contribution in [3.05, 3.63) is 34.1 Å². The molecule has 0 amide bonds. The Morgan fingerprint density at radius 2 is 2.06 bits per heavy atom. The van der Waals surface area contributed by atoms with E-state index in [2.05, 4.69) is 25.9 Å². The monoisotopic (exact) mass is 280 g/mol. The lowest BCUT2D eigenvalue weighted by Gasteiger charge is -2.06. The van der Waals surface area contributed by atoms with Gasteiger partial charge in [-0.15, -0.1) is 0 Å². The van der Waals surface area contributed by atoms with Gasteiger partial charge in [0.2, 0.25) is 0 Å². The van der Waals surface area contributed by atoms with E-state index in [9.17, 15) is 0 Å². The summed E-state index contributed by atoms with van der Waals surface area (Å²) in [4.78, 5) is 7.72. The Kier molecular flexibility index (Phi) is 3.01. The van der Waals surface area contributed by atoms with Crippen LogP contribution in [-0.4, -0.2) is 17.1 Å². The third kappa shape index (κ3) is 1.97. The highest BCUT2D eigenvalue weighted by Gasteiger charge is 2.11. The number of H-pyrrole nitrogens is 1. The second kappa shape index (κ2) is 4.29. The second-order valence-corrected chi connectivity index (χ2v) is 4.56. The van der Waals surface area contributed by atoms with Gasteiger partial charge in [-0.3, -0.25) is 0 Å². The molecule has 1 heterocycles. The zero-order valence-corrected chi connectivity index (χ0v) is 11.1. The molecule has 0 aliphatic rings. The van der Waals surface area contributed by atoms with Gasteiger partial charge in [0.1, 0.15) is 11.6 Å². The van der Waals surface area contributed by atoms with Crippen LogP contribution < -0.4 is 4.74 Å². The fourth-order valence-electron chi connectivity index (χ4n) is 1.54. The third-order valence-corrected chi connectivity index (χ3v) is 3.04. The molecule has 1 aromatic heterocycles. The van der Waals surface area contributed by atoms with Crippen LogP contribution in [0.1, 0.15) is 11.4 Å². The van der Waals surface area contributed by atoms with E-state index in [1.807, 2.05) is 32.0 Å². The lowest BCUT2D eigenvalue weighted by Crippen LogP contribution is -1.89. The van der Waals surface area contributed by atoms with Crippen LogP contribution in [-0.2, 0) is 0 Å². The molecule has 0 saturated heterocycles. The van der Waals surface area contributed by atoms with Crippen LogP contribution in [0.5, 0.6) is 5.75 Å². The van der Waals surface area contributed by atoms with E-state index in [1.54, 1.807) is 7.11 Å². The first kappa shape index (κ1) is 11.2. The van der Waals surface area contributed by atoms with Crippen molar-refractivity contribution < 1.29 is 4.74 Å². The molecule has 0 unspecified atom stereocenters. The fraction of sp³-hybridized carbons (Fsp3) is 0.250. The number of hydrogen-bond acceptors (Lipinski definition) is 2. The van der Waals surface area contributed by atoms with Crippen molar-refractivity contribution in [2.24, 2.45) is 0 Å². The van der Waals surface area contributed by atoms with Crippen molar-refractivity contribution in [2.75, 3.05) is 7.11 Å². The quantitative estimate of drug-likeness (QED) is 0.915. The summed E-state index contributed by atoms with van der Waals surface area (Å²) in [7, 11) is 1.66. The Morgan fingerprint density at radius 1 is 1.31 bits per heavy atom. The standard InChI is InChI=1S/C12H13BrN2O/c1-7-8(2)15-12(14-7)10-6-9(13)4-5-11(10)16-3/h4-6H,1-3H3,(H,14,15). The number of rotatable bonds is 2. The van der Waals surface area contributed by atoms with Crippen LogP contribution in [0.15, 0.2) is 22.7 Å². The summed E-state index contributed by atoms with van der Waals surface area (Å²) in [5.74, 6) is 1.66. The number of hydrogen-bond donors (Lipinski definition) is 1. The number of imidazole rings is 1. The molecule has 0 saturated carbocycles. The van der Waals surface area contributed by atoms with Crippen LogP contribution >= 0.6 is 15.9 Å². The van der Waals surface area contributed by atoms with Crippen LogP contribution in [0.4, 0.5) is 0 Å². The summed E-state index contributed by atoms with van der Waals surface area (Å²) >= 11 is 3.45. The van der Waals surface area contributed by atoms with E-state index in [0.29, 0.717) is 0 Å². The van der Waals surface area contributed by atoms with Gasteiger partial charge < -0.3 is 9.72 Å². The van der Waals surface area contributed by atoms with Crippen molar-refractivity contribution in [1.82, 2.24) is 9.97 Å². The van der Waals surface area contributed by atoms with Crippen molar-refractivity contribution in [3.8, 4) is 17.1 Å². The Labute approximate surface area is 103 Å². The molecular weight excluding hydrogens is 268 g/mol. The van der Waals surface area contributed by atoms with Gasteiger partial charge in [-0.05, 0) is 32.0 Å². The Morgan fingerprint density at radius 3 is 2.62 bits per heavy atom. The number of aromatic amines is 1. The molecule has 4 heteroatoms. The number of ether oxygens (including phenoxy) is 1. The van der Waals surface area contributed by atoms with Crippen molar-refractivity contribution in [1.29, 1.82) is 0 Å². The van der Waals surface area contributed by atoms with E-state index in [1.165, 1.54) is 0 Å². The first-order valence-electron chi connectivity index (χ1n) is 4.99. The molecule has 0 atom stereocenters. The predicted octanol–water partition coefficient (Wildman–Crippen LogP) is 3.46. The van der Waals surface area contributed by atoms with Gasteiger partial charge in [0.25, 0.3) is 0 Å². The van der Waals surface area contributed by atoms with Crippen molar-refractivity contribution in [2.45, 2.75) is 13.8 Å². The fourth-order valence-corrected chi connectivity index (χ4v) is 1.90. The van der Waals surface area contributed by atoms with Crippen molar-refractivity contribution in [3.63, 3.8) is 0 Å². The molecule has 0 fully saturated rings. The number of aryl methyl sites for hydroxylation is 2. The molecule has 84 valence electrons. The van der Waals surface area contributed by atoms with Gasteiger partial charge in [-0.1, -0.05) is 15.9 Å². The Bertz CT molecular complexity index is 500. The molecule has 0 bridgehead atoms. The molecule has 0 radical (unpaired) electrons. The number of methoxy groups -OCH3 is 1. The number of nitrogens with one attached hydrogen (secondary N) is 1. The van der Waals surface area contributed by atoms with E-state index < -0.39 is 0 Å². The number of aromatic nitrogens is 2. The molecule has 0 spiro atoms. The van der Waals surface area contributed by atoms with Gasteiger partial charge >= 0.3 is 0 Å². The highest BCUT2D eigenvalue weighted by atomic mass is 79.9. The smallest absolute Gasteiger partial charge is 0.141 e. The first-order valence-corrected chi connectivity index (χ1v) is 5.78. The number of benzene rings is 1. The SMILES string of the molecule is COc1ccc(Br)cc1-c1nc(C)c(C)[nH]1. The Balaban J connectivity index is 2.57. The molecule has 16 heavy (non-hydrogen) atoms. The van der Waals surface area contributed by atoms with Gasteiger partial charge in [-0.2, -0.15) is 0 Å². The summed E-state index contributed by atoms with van der Waals surface area (Å²) in [5.41, 5.74) is 3.06. The summed E-state index contributed by atoms with van der Waals surface area (Å²) in [6, 6.07) is 5.87. The van der Waals surface area contributed by atoms with E-state index in [4.69, 9.17) is 4.74 Å². The molecule has 2 aromatic rings. The van der Waals surface area contributed by atoms with Crippen molar-refractivity contribution >= 4 is 15.9 Å². The third-order valence-electron chi connectivity index (χ3n) is 2.54. The molecule has 2 rings (SSSR count). The van der Waals surface area contributed by atoms with Crippen LogP contribution in [0.25, 0.3) is 11.4 Å². The minimum Gasteiger partial charge on any atom is -0.496 e. The van der Waals surface area contributed by atoms with E-state index in [0.717, 1.165) is 33.0 Å². The number of nitrogens with zero attached hydrogens (tertiary/aromatic N) is 1. The highest BCUT2D eigenvalue weighted by molar-refractivity contribution is 9.10. The van der Waals surface area contributed by atoms with Crippen LogP contribution in [0, 0.1) is 13.8 Å². The summed E-state index contributed by atoms with van der Waals surface area (Å²) in [5, 5.41) is 0. The molecule has 0 aliphatic heterocycles. The zero-order chi connectivity index (χ0) is 11.7. The normalized spacial score (nSPS) is 10.5. The predicted molar refractivity (Wildman–Crippen MR) is 67.7 cm³/mol. The Hall–Kier alpha value is -1.29. The van der Waals surface area contributed by atoms with Gasteiger partial charge in [0, 0.05) is 10.2 Å². The minimum absolute atomic E-state index is 0.817. The topological polar surface area (TPSA) is 37.9 Å². The maximum absolute atomic E-state index is 5.32. The number of halogens is 1. The van der Waals surface area contributed by atoms with Gasteiger partial charge in [-0.25, -0.2) is 4.98 Å². The van der Waals surface area contributed by atoms with Gasteiger partial charge in [0.15, 0.2) is 0 Å². The molecule has 0 aliphatic carbocycles. The first-order chi connectivity index (χ1) is 7.61. The highest BCUT2D eigenvalue weighted by Crippen LogP contribution is 2.31. The summed E-state index contributed by atoms with van der Waals surface area (Å²) in [6.07, 6.45) is 0. The molecular formula is C12H13BrN2O.